The van der Waals surface area contributed by atoms with Crippen LogP contribution in [0.4, 0.5) is 34.1 Å². The molecule has 3 fully saturated rings. The SMILES string of the molecule is CCOC(=O)CN1CCC(N2CCN(C(=O)[C@@H](Cc3cc(Cl)c(N)c(C(F)(F)F)c3)OC(=O)N3CCC(N4CCc5ccccc5NC4=O)CC3)CC2)CC1.O=S(=O)(O)O. The molecule has 60 heavy (non-hydrogen) atoms. The number of carbonyl (C=O) groups is 4. The number of carbonyl (C=O) groups excluding carboxylic acids is 4. The molecule has 3 saturated heterocycles. The number of nitrogen functional groups attached to an aromatic ring is 1. The Labute approximate surface area is 351 Å². The molecule has 4 aliphatic heterocycles. The van der Waals surface area contributed by atoms with E-state index in [1.165, 1.54) is 11.0 Å². The van der Waals surface area contributed by atoms with E-state index < -0.39 is 45.9 Å². The van der Waals surface area contributed by atoms with Crippen molar-refractivity contribution in [3.05, 3.63) is 58.1 Å². The average Bonchev–Trinajstić information content (AvgIpc) is 3.36. The van der Waals surface area contributed by atoms with E-state index in [9.17, 15) is 32.3 Å². The van der Waals surface area contributed by atoms with Crippen molar-refractivity contribution in [2.24, 2.45) is 0 Å². The Morgan fingerprint density at radius 1 is 0.933 bits per heavy atom. The number of piperidine rings is 2. The number of hydrogen-bond acceptors (Lipinski definition) is 11. The molecule has 2 aromatic rings. The van der Waals surface area contributed by atoms with E-state index >= 15 is 0 Å². The molecule has 0 saturated carbocycles. The third kappa shape index (κ3) is 13.0. The quantitative estimate of drug-likeness (QED) is 0.159. The van der Waals surface area contributed by atoms with Gasteiger partial charge in [-0.05, 0) is 68.4 Å². The van der Waals surface area contributed by atoms with Gasteiger partial charge in [0.25, 0.3) is 5.91 Å². The number of halogens is 4. The second-order valence-electron chi connectivity index (χ2n) is 15.0. The summed E-state index contributed by atoms with van der Waals surface area (Å²) in [6.07, 6.45) is -3.90. The molecule has 0 bridgehead atoms. The van der Waals surface area contributed by atoms with Crippen LogP contribution in [0.15, 0.2) is 36.4 Å². The lowest BCUT2D eigenvalue weighted by Crippen LogP contribution is -2.57. The number of alkyl halides is 3. The summed E-state index contributed by atoms with van der Waals surface area (Å²) in [4.78, 5) is 62.0. The number of likely N-dealkylation sites (tertiary alicyclic amines) is 2. The highest BCUT2D eigenvalue weighted by Gasteiger charge is 2.38. The van der Waals surface area contributed by atoms with Gasteiger partial charge in [0.05, 0.1) is 29.4 Å². The molecular weight excluding hydrogens is 839 g/mol. The number of para-hydroxylation sites is 1. The molecule has 17 nitrogen and oxygen atoms in total. The number of amides is 4. The van der Waals surface area contributed by atoms with E-state index in [1.807, 2.05) is 24.3 Å². The zero-order valence-corrected chi connectivity index (χ0v) is 34.7. The van der Waals surface area contributed by atoms with E-state index in [0.717, 1.165) is 43.2 Å². The summed E-state index contributed by atoms with van der Waals surface area (Å²) < 4.78 is 84.1. The van der Waals surface area contributed by atoms with Crippen molar-refractivity contribution in [1.29, 1.82) is 0 Å². The fourth-order valence-corrected chi connectivity index (χ4v) is 8.30. The molecule has 0 unspecified atom stereocenters. The number of hydrogen-bond donors (Lipinski definition) is 4. The normalized spacial score (nSPS) is 19.3. The van der Waals surface area contributed by atoms with Gasteiger partial charge in [0.15, 0.2) is 6.10 Å². The Hall–Kier alpha value is -4.41. The third-order valence-electron chi connectivity index (χ3n) is 11.1. The Bertz CT molecular complexity index is 1950. The number of nitrogens with zero attached hydrogens (tertiary/aromatic N) is 5. The molecule has 332 valence electrons. The number of ether oxygens (including phenoxy) is 2. The van der Waals surface area contributed by atoms with Crippen molar-refractivity contribution in [2.75, 3.05) is 83.1 Å². The maximum absolute atomic E-state index is 14.1. The molecule has 4 aliphatic rings. The van der Waals surface area contributed by atoms with Gasteiger partial charge >= 0.3 is 34.7 Å². The number of esters is 1. The maximum atomic E-state index is 14.1. The minimum Gasteiger partial charge on any atom is -0.465 e. The smallest absolute Gasteiger partial charge is 0.418 e. The molecule has 0 aromatic heterocycles. The summed E-state index contributed by atoms with van der Waals surface area (Å²) in [5, 5.41) is 2.67. The lowest BCUT2D eigenvalue weighted by molar-refractivity contribution is -0.145. The summed E-state index contributed by atoms with van der Waals surface area (Å²) in [6.45, 7) is 6.79. The number of rotatable bonds is 9. The lowest BCUT2D eigenvalue weighted by atomic mass is 10.0. The van der Waals surface area contributed by atoms with Crippen molar-refractivity contribution in [3.8, 4) is 0 Å². The Kier molecular flexibility index (Phi) is 15.9. The minimum absolute atomic E-state index is 0.0535. The van der Waals surface area contributed by atoms with Gasteiger partial charge in [0, 0.05) is 83.1 Å². The zero-order chi connectivity index (χ0) is 43.8. The van der Waals surface area contributed by atoms with E-state index in [1.54, 1.807) is 16.7 Å². The van der Waals surface area contributed by atoms with Crippen LogP contribution >= 0.6 is 11.6 Å². The first-order valence-corrected chi connectivity index (χ1v) is 21.4. The van der Waals surface area contributed by atoms with E-state index in [4.69, 9.17) is 44.3 Å². The van der Waals surface area contributed by atoms with Gasteiger partial charge in [0.2, 0.25) is 0 Å². The van der Waals surface area contributed by atoms with Crippen LogP contribution < -0.4 is 11.1 Å². The van der Waals surface area contributed by atoms with Gasteiger partial charge in [-0.3, -0.25) is 28.5 Å². The Balaban J connectivity index is 0.00000129. The molecule has 0 aliphatic carbocycles. The molecule has 4 heterocycles. The Morgan fingerprint density at radius 2 is 1.55 bits per heavy atom. The highest BCUT2D eigenvalue weighted by atomic mass is 35.5. The predicted octanol–water partition coefficient (Wildman–Crippen LogP) is 4.06. The first-order valence-electron chi connectivity index (χ1n) is 19.7. The van der Waals surface area contributed by atoms with Gasteiger partial charge in [-0.15, -0.1) is 0 Å². The summed E-state index contributed by atoms with van der Waals surface area (Å²) in [5.41, 5.74) is 5.81. The van der Waals surface area contributed by atoms with Crippen LogP contribution in [-0.4, -0.2) is 156 Å². The first-order chi connectivity index (χ1) is 28.3. The van der Waals surface area contributed by atoms with Crippen molar-refractivity contribution in [1.82, 2.24) is 24.5 Å². The van der Waals surface area contributed by atoms with Crippen molar-refractivity contribution >= 4 is 57.4 Å². The topological polar surface area (TPSA) is 216 Å². The van der Waals surface area contributed by atoms with Crippen molar-refractivity contribution in [3.63, 3.8) is 0 Å². The molecule has 2 aromatic carbocycles. The zero-order valence-electron chi connectivity index (χ0n) is 33.1. The highest BCUT2D eigenvalue weighted by molar-refractivity contribution is 7.79. The number of benzene rings is 2. The van der Waals surface area contributed by atoms with Crippen LogP contribution in [0, 0.1) is 0 Å². The highest BCUT2D eigenvalue weighted by Crippen LogP contribution is 2.38. The number of nitrogens with one attached hydrogen (secondary N) is 1. The predicted molar refractivity (Wildman–Crippen MR) is 214 cm³/mol. The van der Waals surface area contributed by atoms with Crippen molar-refractivity contribution < 1.29 is 59.3 Å². The number of anilines is 2. The third-order valence-corrected chi connectivity index (χ3v) is 11.4. The number of fused-ring (bicyclic) bond motifs is 1. The first kappa shape index (κ1) is 46.7. The second-order valence-corrected chi connectivity index (χ2v) is 16.3. The number of nitrogens with two attached hydrogens (primary N) is 1. The number of urea groups is 1. The Morgan fingerprint density at radius 3 is 2.17 bits per heavy atom. The fraction of sp³-hybridized carbons (Fsp3) is 0.579. The molecule has 4 amide bonds. The van der Waals surface area contributed by atoms with Crippen LogP contribution in [0.5, 0.6) is 0 Å². The van der Waals surface area contributed by atoms with Gasteiger partial charge in [0.1, 0.15) is 0 Å². The van der Waals surface area contributed by atoms with E-state index in [2.05, 4.69) is 15.1 Å². The van der Waals surface area contributed by atoms with Crippen LogP contribution in [0.1, 0.15) is 49.3 Å². The molecule has 22 heteroatoms. The summed E-state index contributed by atoms with van der Waals surface area (Å²) >= 11 is 6.13. The molecular formula is C38H51ClF3N7O10S. The molecule has 5 N–H and O–H groups in total. The number of piperazine rings is 1. The summed E-state index contributed by atoms with van der Waals surface area (Å²) in [5.74, 6) is -0.744. The molecule has 0 spiro atoms. The maximum Gasteiger partial charge on any atom is 0.418 e. The minimum atomic E-state index is -4.79. The van der Waals surface area contributed by atoms with Crippen LogP contribution in [0.3, 0.4) is 0 Å². The van der Waals surface area contributed by atoms with Gasteiger partial charge in [-0.2, -0.15) is 21.6 Å². The lowest BCUT2D eigenvalue weighted by Gasteiger charge is -2.43. The van der Waals surface area contributed by atoms with E-state index in [-0.39, 0.29) is 60.7 Å². The second kappa shape index (κ2) is 20.4. The monoisotopic (exact) mass is 889 g/mol. The summed E-state index contributed by atoms with van der Waals surface area (Å²) in [7, 11) is -4.67. The summed E-state index contributed by atoms with van der Waals surface area (Å²) in [6, 6.07) is 9.74. The standard InChI is InChI=1S/C38H49ClF3N7O6.H2O4S/c1-2-54-33(50)24-45-12-8-27(9-13-45)46-17-19-47(20-18-46)35(51)32(23-25-21-29(38(40,41)42)34(43)30(39)22-25)55-37(53)48-14-10-28(11-15-48)49-16-7-26-5-3-4-6-31(26)44-36(49)52;1-5(2,3)4/h3-6,21-22,27-28,32H,2,7-20,23-24,43H2,1H3,(H,44,52);(H2,1,2,3,4)/t32-;/m1./s1. The van der Waals surface area contributed by atoms with Gasteiger partial charge < -0.3 is 35.2 Å². The van der Waals surface area contributed by atoms with E-state index in [0.29, 0.717) is 58.6 Å². The van der Waals surface area contributed by atoms with Gasteiger partial charge in [-0.1, -0.05) is 29.8 Å². The largest absolute Gasteiger partial charge is 0.465 e. The van der Waals surface area contributed by atoms with Gasteiger partial charge in [-0.25, -0.2) is 9.59 Å². The molecule has 0 radical (unpaired) electrons. The molecule has 1 atom stereocenters. The molecule has 6 rings (SSSR count). The fourth-order valence-electron chi connectivity index (χ4n) is 8.06. The van der Waals surface area contributed by atoms with Crippen LogP contribution in [0.25, 0.3) is 0 Å². The van der Waals surface area contributed by atoms with Crippen LogP contribution in [0.2, 0.25) is 5.02 Å². The average molecular weight is 890 g/mol. The van der Waals surface area contributed by atoms with Crippen LogP contribution in [-0.2, 0) is 48.5 Å². The van der Waals surface area contributed by atoms with Crippen molar-refractivity contribution in [2.45, 2.75) is 69.8 Å².